The molecule has 9 heteroatoms. The molecule has 0 saturated heterocycles. The van der Waals surface area contributed by atoms with Crippen molar-refractivity contribution in [1.82, 2.24) is 14.8 Å². The average molecular weight is 549 g/mol. The van der Waals surface area contributed by atoms with Crippen molar-refractivity contribution >= 4 is 28.5 Å². The van der Waals surface area contributed by atoms with Gasteiger partial charge in [-0.15, -0.1) is 0 Å². The molecule has 210 valence electrons. The van der Waals surface area contributed by atoms with Crippen molar-refractivity contribution in [2.45, 2.75) is 32.7 Å². The number of unbranched alkanes of at least 4 members (excludes halogenated alkanes) is 1. The molecule has 0 bridgehead atoms. The lowest BCUT2D eigenvalue weighted by Crippen LogP contribution is -2.45. The standard InChI is InChI=1S/C31H34F2N4O3/c1-3-4-16-37(31(39)35-29-14-11-24(32)18-27(29)33)21-30(38)36(20-22-9-12-25(40-2)13-10-22)17-15-23-19-34-28-8-6-5-7-26(23)28/h5-14,18-19,34H,3-4,15-17,20-21H2,1-2H3,(H,35,39). The predicted molar refractivity (Wildman–Crippen MR) is 152 cm³/mol. The molecule has 2 N–H and O–H groups in total. The van der Waals surface area contributed by atoms with E-state index in [0.717, 1.165) is 40.3 Å². The van der Waals surface area contributed by atoms with Crippen molar-refractivity contribution < 1.29 is 23.1 Å². The third kappa shape index (κ3) is 7.37. The van der Waals surface area contributed by atoms with E-state index < -0.39 is 17.7 Å². The number of benzene rings is 3. The van der Waals surface area contributed by atoms with Crippen molar-refractivity contribution in [2.75, 3.05) is 32.1 Å². The van der Waals surface area contributed by atoms with Crippen LogP contribution in [-0.4, -0.2) is 53.5 Å². The van der Waals surface area contributed by atoms with Crippen LogP contribution in [0.15, 0.2) is 72.9 Å². The number of amides is 3. The molecule has 0 atom stereocenters. The molecule has 0 aliphatic rings. The van der Waals surface area contributed by atoms with Crippen LogP contribution in [0.5, 0.6) is 5.75 Å². The van der Waals surface area contributed by atoms with E-state index in [1.54, 1.807) is 12.0 Å². The Kier molecular flexibility index (Phi) is 9.72. The van der Waals surface area contributed by atoms with Crippen LogP contribution in [-0.2, 0) is 17.8 Å². The summed E-state index contributed by atoms with van der Waals surface area (Å²) in [7, 11) is 1.60. The van der Waals surface area contributed by atoms with Crippen LogP contribution in [0.1, 0.15) is 30.9 Å². The molecular weight excluding hydrogens is 514 g/mol. The minimum atomic E-state index is -0.880. The van der Waals surface area contributed by atoms with E-state index >= 15 is 0 Å². The second-order valence-electron chi connectivity index (χ2n) is 9.60. The summed E-state index contributed by atoms with van der Waals surface area (Å²) < 4.78 is 32.8. The fraction of sp³-hybridized carbons (Fsp3) is 0.290. The zero-order valence-corrected chi connectivity index (χ0v) is 22.8. The number of ether oxygens (including phenoxy) is 1. The molecule has 0 aliphatic heterocycles. The third-order valence-electron chi connectivity index (χ3n) is 6.78. The van der Waals surface area contributed by atoms with E-state index in [0.29, 0.717) is 38.5 Å². The third-order valence-corrected chi connectivity index (χ3v) is 6.78. The highest BCUT2D eigenvalue weighted by Crippen LogP contribution is 2.20. The fourth-order valence-electron chi connectivity index (χ4n) is 4.49. The molecule has 0 fully saturated rings. The fourth-order valence-corrected chi connectivity index (χ4v) is 4.49. The molecule has 4 aromatic rings. The van der Waals surface area contributed by atoms with Crippen molar-refractivity contribution in [3.8, 4) is 5.75 Å². The van der Waals surface area contributed by atoms with Crippen molar-refractivity contribution in [2.24, 2.45) is 0 Å². The van der Waals surface area contributed by atoms with E-state index in [9.17, 15) is 18.4 Å². The van der Waals surface area contributed by atoms with Gasteiger partial charge in [-0.1, -0.05) is 43.7 Å². The van der Waals surface area contributed by atoms with Gasteiger partial charge in [0.25, 0.3) is 0 Å². The van der Waals surface area contributed by atoms with E-state index in [-0.39, 0.29) is 18.1 Å². The van der Waals surface area contributed by atoms with Gasteiger partial charge in [0.05, 0.1) is 12.8 Å². The maximum absolute atomic E-state index is 14.2. The van der Waals surface area contributed by atoms with Crippen molar-refractivity contribution in [3.63, 3.8) is 0 Å². The van der Waals surface area contributed by atoms with E-state index in [1.807, 2.05) is 61.7 Å². The van der Waals surface area contributed by atoms with Gasteiger partial charge in [0.1, 0.15) is 23.9 Å². The summed E-state index contributed by atoms with van der Waals surface area (Å²) in [5.74, 6) is -1.13. The van der Waals surface area contributed by atoms with Crippen LogP contribution in [0.4, 0.5) is 19.3 Å². The number of nitrogens with one attached hydrogen (secondary N) is 2. The Labute approximate surface area is 232 Å². The molecule has 1 heterocycles. The molecule has 4 rings (SSSR count). The molecule has 0 aliphatic carbocycles. The van der Waals surface area contributed by atoms with Crippen LogP contribution in [0.25, 0.3) is 10.9 Å². The number of urea groups is 1. The highest BCUT2D eigenvalue weighted by molar-refractivity contribution is 5.92. The number of nitrogens with zero attached hydrogens (tertiary/aromatic N) is 2. The molecule has 0 saturated carbocycles. The number of fused-ring (bicyclic) bond motifs is 1. The summed E-state index contributed by atoms with van der Waals surface area (Å²) in [6.45, 7) is 2.90. The van der Waals surface area contributed by atoms with Gasteiger partial charge in [-0.3, -0.25) is 4.79 Å². The Morgan fingerprint density at radius 1 is 0.975 bits per heavy atom. The van der Waals surface area contributed by atoms with Crippen LogP contribution in [0.2, 0.25) is 0 Å². The van der Waals surface area contributed by atoms with Crippen LogP contribution < -0.4 is 10.1 Å². The summed E-state index contributed by atoms with van der Waals surface area (Å²) in [6.07, 6.45) is 4.05. The quantitative estimate of drug-likeness (QED) is 0.216. The molecule has 1 aromatic heterocycles. The Balaban J connectivity index is 1.52. The molecular formula is C31H34F2N4O3. The number of methoxy groups -OCH3 is 1. The number of hydrogen-bond acceptors (Lipinski definition) is 3. The summed E-state index contributed by atoms with van der Waals surface area (Å²) in [5.41, 5.74) is 2.90. The largest absolute Gasteiger partial charge is 0.497 e. The van der Waals surface area contributed by atoms with Gasteiger partial charge in [-0.2, -0.15) is 0 Å². The van der Waals surface area contributed by atoms with Gasteiger partial charge in [0, 0.05) is 42.8 Å². The Hall–Kier alpha value is -4.40. The smallest absolute Gasteiger partial charge is 0.322 e. The Bertz CT molecular complexity index is 1440. The second-order valence-corrected chi connectivity index (χ2v) is 9.60. The molecule has 3 amide bonds. The Morgan fingerprint density at radius 2 is 1.75 bits per heavy atom. The van der Waals surface area contributed by atoms with Gasteiger partial charge in [-0.25, -0.2) is 13.6 Å². The van der Waals surface area contributed by atoms with Gasteiger partial charge in [-0.05, 0) is 54.3 Å². The van der Waals surface area contributed by atoms with E-state index in [2.05, 4.69) is 10.3 Å². The molecule has 40 heavy (non-hydrogen) atoms. The number of carbonyl (C=O) groups is 2. The number of aromatic amines is 1. The first kappa shape index (κ1) is 28.6. The van der Waals surface area contributed by atoms with E-state index in [4.69, 9.17) is 4.74 Å². The molecule has 7 nitrogen and oxygen atoms in total. The second kappa shape index (κ2) is 13.6. The number of rotatable bonds is 12. The number of aromatic nitrogens is 1. The number of halogens is 2. The molecule has 0 unspecified atom stereocenters. The Morgan fingerprint density at radius 3 is 2.48 bits per heavy atom. The zero-order chi connectivity index (χ0) is 28.5. The molecule has 0 radical (unpaired) electrons. The zero-order valence-electron chi connectivity index (χ0n) is 22.8. The topological polar surface area (TPSA) is 77.7 Å². The highest BCUT2D eigenvalue weighted by Gasteiger charge is 2.23. The summed E-state index contributed by atoms with van der Waals surface area (Å²) in [4.78, 5) is 33.2. The lowest BCUT2D eigenvalue weighted by molar-refractivity contribution is -0.132. The first-order valence-electron chi connectivity index (χ1n) is 13.3. The molecule has 0 spiro atoms. The van der Waals surface area contributed by atoms with Gasteiger partial charge < -0.3 is 24.8 Å². The summed E-state index contributed by atoms with van der Waals surface area (Å²) in [5, 5.41) is 3.59. The van der Waals surface area contributed by atoms with Crippen LogP contribution in [0, 0.1) is 11.6 Å². The maximum atomic E-state index is 14.2. The average Bonchev–Trinajstić information content (AvgIpc) is 3.38. The van der Waals surface area contributed by atoms with E-state index in [1.165, 1.54) is 11.0 Å². The molecule has 3 aromatic carbocycles. The van der Waals surface area contributed by atoms with Crippen molar-refractivity contribution in [1.29, 1.82) is 0 Å². The van der Waals surface area contributed by atoms with Gasteiger partial charge in [0.15, 0.2) is 0 Å². The lowest BCUT2D eigenvalue weighted by atomic mass is 10.1. The highest BCUT2D eigenvalue weighted by atomic mass is 19.1. The predicted octanol–water partition coefficient (Wildman–Crippen LogP) is 6.36. The maximum Gasteiger partial charge on any atom is 0.322 e. The monoisotopic (exact) mass is 548 g/mol. The van der Waals surface area contributed by atoms with Crippen molar-refractivity contribution in [3.05, 3.63) is 95.7 Å². The number of carbonyl (C=O) groups excluding carboxylic acids is 2. The number of anilines is 1. The first-order valence-corrected chi connectivity index (χ1v) is 13.3. The van der Waals surface area contributed by atoms with Crippen LogP contribution >= 0.6 is 0 Å². The normalized spacial score (nSPS) is 10.9. The minimum absolute atomic E-state index is 0.144. The first-order chi connectivity index (χ1) is 19.4. The SMILES string of the molecule is CCCCN(CC(=O)N(CCc1c[nH]c2ccccc12)Cc1ccc(OC)cc1)C(=O)Nc1ccc(F)cc1F. The number of H-pyrrole nitrogens is 1. The lowest BCUT2D eigenvalue weighted by Gasteiger charge is -2.28. The summed E-state index contributed by atoms with van der Waals surface area (Å²) >= 11 is 0. The number of hydrogen-bond donors (Lipinski definition) is 2. The van der Waals surface area contributed by atoms with Gasteiger partial charge in [0.2, 0.25) is 5.91 Å². The summed E-state index contributed by atoms with van der Waals surface area (Å²) in [6, 6.07) is 17.8. The van der Waals surface area contributed by atoms with Gasteiger partial charge >= 0.3 is 6.03 Å². The number of para-hydroxylation sites is 1. The van der Waals surface area contributed by atoms with Crippen LogP contribution in [0.3, 0.4) is 0 Å². The minimum Gasteiger partial charge on any atom is -0.497 e.